The van der Waals surface area contributed by atoms with E-state index in [0.717, 1.165) is 10.4 Å². The smallest absolute Gasteiger partial charge is 0.341 e. The average Bonchev–Trinajstić information content (AvgIpc) is 2.62. The van der Waals surface area contributed by atoms with Gasteiger partial charge in [-0.3, -0.25) is 4.79 Å². The molecule has 0 aliphatic carbocycles. The predicted octanol–water partition coefficient (Wildman–Crippen LogP) is 3.71. The lowest BCUT2D eigenvalue weighted by Crippen LogP contribution is -2.27. The molecule has 0 aliphatic rings. The summed E-state index contributed by atoms with van der Waals surface area (Å²) in [6.45, 7) is 3.75. The number of carbonyl (C=O) groups is 2. The number of rotatable bonds is 3. The summed E-state index contributed by atoms with van der Waals surface area (Å²) in [5, 5.41) is 2.78. The quantitative estimate of drug-likeness (QED) is 0.671. The highest BCUT2D eigenvalue weighted by Gasteiger charge is 2.33. The summed E-state index contributed by atoms with van der Waals surface area (Å²) >= 11 is 17.7. The van der Waals surface area contributed by atoms with Crippen molar-refractivity contribution >= 4 is 63.0 Å². The van der Waals surface area contributed by atoms with Gasteiger partial charge in [-0.25, -0.2) is 4.79 Å². The number of hydrogen-bond acceptors (Lipinski definition) is 4. The van der Waals surface area contributed by atoms with Crippen molar-refractivity contribution < 1.29 is 14.3 Å². The minimum atomic E-state index is -2.09. The first-order valence-corrected chi connectivity index (χ1v) is 7.26. The van der Waals surface area contributed by atoms with Gasteiger partial charge in [0.25, 0.3) is 9.70 Å². The fourth-order valence-electron chi connectivity index (χ4n) is 1.58. The average molecular weight is 345 g/mol. The Morgan fingerprint density at radius 1 is 1.37 bits per heavy atom. The zero-order chi connectivity index (χ0) is 14.8. The van der Waals surface area contributed by atoms with Gasteiger partial charge in [-0.2, -0.15) is 0 Å². The molecule has 19 heavy (non-hydrogen) atoms. The zero-order valence-electron chi connectivity index (χ0n) is 10.5. The van der Waals surface area contributed by atoms with E-state index in [4.69, 9.17) is 39.5 Å². The monoisotopic (exact) mass is 343 g/mol. The molecular formula is C11H12Cl3NO3S. The van der Waals surface area contributed by atoms with Crippen LogP contribution < -0.4 is 5.32 Å². The highest BCUT2D eigenvalue weighted by atomic mass is 35.6. The molecule has 1 heterocycles. The van der Waals surface area contributed by atoms with Gasteiger partial charge in [-0.1, -0.05) is 41.7 Å². The van der Waals surface area contributed by atoms with Gasteiger partial charge >= 0.3 is 5.97 Å². The number of nitrogens with one attached hydrogen (secondary N) is 1. The van der Waals surface area contributed by atoms with E-state index in [1.165, 1.54) is 18.4 Å². The molecule has 8 heteroatoms. The highest BCUT2D eigenvalue weighted by Crippen LogP contribution is 2.36. The van der Waals surface area contributed by atoms with Crippen LogP contribution in [0.15, 0.2) is 0 Å². The third-order valence-electron chi connectivity index (χ3n) is 2.44. The number of hydrogen-bond donors (Lipinski definition) is 1. The van der Waals surface area contributed by atoms with Crippen molar-refractivity contribution in [1.29, 1.82) is 0 Å². The van der Waals surface area contributed by atoms with Crippen LogP contribution in [0.2, 0.25) is 0 Å². The molecule has 0 fully saturated rings. The van der Waals surface area contributed by atoms with Crippen LogP contribution in [-0.2, 0) is 16.0 Å². The van der Waals surface area contributed by atoms with Gasteiger partial charge in [0, 0.05) is 4.88 Å². The number of ether oxygens (including phenoxy) is 1. The molecule has 4 nitrogen and oxygen atoms in total. The predicted molar refractivity (Wildman–Crippen MR) is 78.7 cm³/mol. The number of halogens is 3. The van der Waals surface area contributed by atoms with Gasteiger partial charge in [0.05, 0.1) is 12.7 Å². The molecule has 0 aromatic carbocycles. The number of aryl methyl sites for hydroxylation is 1. The van der Waals surface area contributed by atoms with E-state index in [-0.39, 0.29) is 0 Å². The van der Waals surface area contributed by atoms with Gasteiger partial charge in [0.1, 0.15) is 5.00 Å². The van der Waals surface area contributed by atoms with Crippen LogP contribution in [0.3, 0.4) is 0 Å². The first-order chi connectivity index (χ1) is 8.72. The second kappa shape index (κ2) is 6.31. The number of esters is 1. The number of anilines is 1. The Kier molecular flexibility index (Phi) is 5.50. The maximum atomic E-state index is 11.8. The van der Waals surface area contributed by atoms with Crippen LogP contribution in [-0.4, -0.2) is 22.8 Å². The van der Waals surface area contributed by atoms with E-state index < -0.39 is 15.7 Å². The molecule has 0 saturated carbocycles. The highest BCUT2D eigenvalue weighted by molar-refractivity contribution is 7.17. The van der Waals surface area contributed by atoms with Gasteiger partial charge < -0.3 is 10.1 Å². The molecule has 1 N–H and O–H groups in total. The number of methoxy groups -OCH3 is 1. The van der Waals surface area contributed by atoms with Crippen LogP contribution in [0.4, 0.5) is 5.00 Å². The van der Waals surface area contributed by atoms with E-state index in [2.05, 4.69) is 5.32 Å². The lowest BCUT2D eigenvalue weighted by molar-refractivity contribution is -0.115. The summed E-state index contributed by atoms with van der Waals surface area (Å²) in [7, 11) is 1.27. The lowest BCUT2D eigenvalue weighted by Gasteiger charge is -2.11. The second-order valence-electron chi connectivity index (χ2n) is 3.64. The third kappa shape index (κ3) is 3.75. The Hall–Kier alpha value is -0.490. The molecule has 0 bridgehead atoms. The molecule has 0 radical (unpaired) electrons. The van der Waals surface area contributed by atoms with Crippen LogP contribution in [0, 0.1) is 6.92 Å². The van der Waals surface area contributed by atoms with Crippen molar-refractivity contribution in [2.75, 3.05) is 12.4 Å². The van der Waals surface area contributed by atoms with Crippen molar-refractivity contribution in [3.63, 3.8) is 0 Å². The number of carbonyl (C=O) groups excluding carboxylic acids is 2. The fraction of sp³-hybridized carbons (Fsp3) is 0.455. The summed E-state index contributed by atoms with van der Waals surface area (Å²) in [6, 6.07) is 0. The van der Waals surface area contributed by atoms with Crippen molar-refractivity contribution in [2.45, 2.75) is 24.1 Å². The Morgan fingerprint density at radius 3 is 2.37 bits per heavy atom. The van der Waals surface area contributed by atoms with Gasteiger partial charge in [-0.05, 0) is 18.9 Å². The first kappa shape index (κ1) is 16.6. The molecule has 0 saturated heterocycles. The molecular weight excluding hydrogens is 333 g/mol. The SMILES string of the molecule is CCc1c(C)sc(NC(=O)C(Cl)(Cl)Cl)c1C(=O)OC. The van der Waals surface area contributed by atoms with Gasteiger partial charge in [-0.15, -0.1) is 11.3 Å². The lowest BCUT2D eigenvalue weighted by atomic mass is 10.1. The summed E-state index contributed by atoms with van der Waals surface area (Å²) in [4.78, 5) is 24.4. The standard InChI is InChI=1S/C11H12Cl3NO3S/c1-4-6-5(2)19-8(7(6)9(16)18-3)15-10(17)11(12,13)14/h4H2,1-3H3,(H,15,17). The molecule has 1 aromatic rings. The molecule has 106 valence electrons. The minimum absolute atomic E-state index is 0.315. The van der Waals surface area contributed by atoms with Crippen LogP contribution in [0.25, 0.3) is 0 Å². The Labute approximate surface area is 130 Å². The second-order valence-corrected chi connectivity index (χ2v) is 7.14. The summed E-state index contributed by atoms with van der Waals surface area (Å²) in [5.41, 5.74) is 1.13. The van der Waals surface area contributed by atoms with Crippen molar-refractivity contribution in [1.82, 2.24) is 0 Å². The van der Waals surface area contributed by atoms with E-state index in [1.807, 2.05) is 13.8 Å². The normalized spacial score (nSPS) is 11.3. The maximum absolute atomic E-state index is 11.8. The van der Waals surface area contributed by atoms with Crippen molar-refractivity contribution in [2.24, 2.45) is 0 Å². The number of alkyl halides is 3. The Balaban J connectivity index is 3.21. The summed E-state index contributed by atoms with van der Waals surface area (Å²) < 4.78 is 2.63. The van der Waals surface area contributed by atoms with Gasteiger partial charge in [0.15, 0.2) is 0 Å². The topological polar surface area (TPSA) is 55.4 Å². The number of thiophene rings is 1. The summed E-state index contributed by atoms with van der Waals surface area (Å²) in [5.74, 6) is -1.34. The summed E-state index contributed by atoms with van der Waals surface area (Å²) in [6.07, 6.45) is 0.635. The van der Waals surface area contributed by atoms with Gasteiger partial charge in [0.2, 0.25) is 0 Å². The molecule has 0 spiro atoms. The molecule has 0 atom stereocenters. The molecule has 1 rings (SSSR count). The Morgan fingerprint density at radius 2 is 1.95 bits per heavy atom. The van der Waals surface area contributed by atoms with Crippen LogP contribution in [0.1, 0.15) is 27.7 Å². The molecule has 0 unspecified atom stereocenters. The molecule has 0 aliphatic heterocycles. The third-order valence-corrected chi connectivity index (χ3v) is 4.01. The van der Waals surface area contributed by atoms with Crippen LogP contribution in [0.5, 0.6) is 0 Å². The number of amides is 1. The van der Waals surface area contributed by atoms with E-state index >= 15 is 0 Å². The van der Waals surface area contributed by atoms with E-state index in [1.54, 1.807) is 0 Å². The van der Waals surface area contributed by atoms with Crippen LogP contribution >= 0.6 is 46.1 Å². The molecule has 1 amide bonds. The van der Waals surface area contributed by atoms with E-state index in [9.17, 15) is 9.59 Å². The minimum Gasteiger partial charge on any atom is -0.465 e. The van der Waals surface area contributed by atoms with Crippen molar-refractivity contribution in [3.8, 4) is 0 Å². The largest absolute Gasteiger partial charge is 0.465 e. The fourth-order valence-corrected chi connectivity index (χ4v) is 2.85. The Bertz CT molecular complexity index is 508. The maximum Gasteiger partial charge on any atom is 0.341 e. The molecule has 1 aromatic heterocycles. The van der Waals surface area contributed by atoms with E-state index in [0.29, 0.717) is 17.0 Å². The first-order valence-electron chi connectivity index (χ1n) is 5.31. The van der Waals surface area contributed by atoms with Crippen molar-refractivity contribution in [3.05, 3.63) is 16.0 Å². The zero-order valence-corrected chi connectivity index (χ0v) is 13.6.